The molecular weight excluding hydrogens is 817 g/mol. The SMILES string of the molecule is c1ccc2c(c1)Nc1c(cccc1-c1ccc(-c3nc(-c4ccc(-c5cccc6c5Nc5ccccc5O6)cc4)nc(-c4ccc(-c5cccc6c5Nc5ccccc5O6)cc4)n3)cc1)O2. The molecule has 0 saturated carbocycles. The molecule has 1 aromatic heterocycles. The third-order valence-electron chi connectivity index (χ3n) is 12.2. The lowest BCUT2D eigenvalue weighted by molar-refractivity contribution is 0.481. The maximum Gasteiger partial charge on any atom is 0.164 e. The molecule has 9 nitrogen and oxygen atoms in total. The van der Waals surface area contributed by atoms with Crippen molar-refractivity contribution in [3.05, 3.63) is 200 Å². The topological polar surface area (TPSA) is 102 Å². The van der Waals surface area contributed by atoms with Crippen molar-refractivity contribution in [2.45, 2.75) is 0 Å². The fraction of sp³-hybridized carbons (Fsp3) is 0. The van der Waals surface area contributed by atoms with Crippen LogP contribution in [0.5, 0.6) is 34.5 Å². The van der Waals surface area contributed by atoms with Crippen molar-refractivity contribution in [3.63, 3.8) is 0 Å². The van der Waals surface area contributed by atoms with Crippen LogP contribution in [-0.4, -0.2) is 15.0 Å². The predicted molar refractivity (Wildman–Crippen MR) is 262 cm³/mol. The van der Waals surface area contributed by atoms with Gasteiger partial charge in [-0.25, -0.2) is 15.0 Å². The average Bonchev–Trinajstić information content (AvgIpc) is 3.38. The first kappa shape index (κ1) is 37.4. The second-order valence-corrected chi connectivity index (χ2v) is 16.2. The number of para-hydroxylation sites is 9. The van der Waals surface area contributed by atoms with Gasteiger partial charge in [0.1, 0.15) is 0 Å². The third-order valence-corrected chi connectivity index (χ3v) is 12.2. The summed E-state index contributed by atoms with van der Waals surface area (Å²) in [6.45, 7) is 0. The molecule has 10 aromatic rings. The lowest BCUT2D eigenvalue weighted by atomic mass is 9.99. The van der Waals surface area contributed by atoms with E-state index in [1.54, 1.807) is 0 Å². The van der Waals surface area contributed by atoms with E-state index in [-0.39, 0.29) is 0 Å². The Kier molecular flexibility index (Phi) is 8.63. The zero-order valence-corrected chi connectivity index (χ0v) is 35.1. The van der Waals surface area contributed by atoms with E-state index < -0.39 is 0 Å². The maximum atomic E-state index is 6.28. The first-order chi connectivity index (χ1) is 32.6. The first-order valence-electron chi connectivity index (χ1n) is 21.7. The summed E-state index contributed by atoms with van der Waals surface area (Å²) in [5.41, 5.74) is 14.3. The minimum Gasteiger partial charge on any atom is -0.453 e. The molecule has 3 aliphatic rings. The van der Waals surface area contributed by atoms with Gasteiger partial charge in [0, 0.05) is 33.4 Å². The monoisotopic (exact) mass is 852 g/mol. The average molecular weight is 853 g/mol. The molecule has 0 unspecified atom stereocenters. The number of rotatable bonds is 6. The molecule has 0 fully saturated rings. The third kappa shape index (κ3) is 6.53. The van der Waals surface area contributed by atoms with E-state index in [1.807, 2.05) is 109 Å². The van der Waals surface area contributed by atoms with Gasteiger partial charge in [-0.05, 0) is 71.3 Å². The number of hydrogen-bond acceptors (Lipinski definition) is 9. The van der Waals surface area contributed by atoms with Crippen molar-refractivity contribution < 1.29 is 14.2 Å². The molecule has 66 heavy (non-hydrogen) atoms. The molecule has 312 valence electrons. The van der Waals surface area contributed by atoms with Crippen LogP contribution in [0.15, 0.2) is 200 Å². The molecule has 0 amide bonds. The summed E-state index contributed by atoms with van der Waals surface area (Å²) >= 11 is 0. The molecule has 3 aliphatic heterocycles. The molecule has 13 rings (SSSR count). The van der Waals surface area contributed by atoms with Crippen molar-refractivity contribution >= 4 is 34.1 Å². The molecule has 0 bridgehead atoms. The molecule has 0 saturated heterocycles. The number of fused-ring (bicyclic) bond motifs is 6. The minimum absolute atomic E-state index is 0.564. The minimum atomic E-state index is 0.564. The van der Waals surface area contributed by atoms with E-state index in [0.717, 1.165) is 119 Å². The van der Waals surface area contributed by atoms with Gasteiger partial charge in [0.15, 0.2) is 52.0 Å². The van der Waals surface area contributed by atoms with Gasteiger partial charge in [0.05, 0.1) is 34.1 Å². The van der Waals surface area contributed by atoms with Gasteiger partial charge < -0.3 is 30.2 Å². The number of ether oxygens (including phenoxy) is 3. The maximum absolute atomic E-state index is 6.28. The van der Waals surface area contributed by atoms with Crippen LogP contribution in [0, 0.1) is 0 Å². The second-order valence-electron chi connectivity index (χ2n) is 16.2. The zero-order valence-electron chi connectivity index (χ0n) is 35.1. The van der Waals surface area contributed by atoms with Crippen LogP contribution < -0.4 is 30.2 Å². The predicted octanol–water partition coefficient (Wildman–Crippen LogP) is 15.4. The summed E-state index contributed by atoms with van der Waals surface area (Å²) in [5, 5.41) is 10.8. The van der Waals surface area contributed by atoms with Gasteiger partial charge in [-0.3, -0.25) is 0 Å². The first-order valence-corrected chi connectivity index (χ1v) is 21.7. The van der Waals surface area contributed by atoms with Crippen molar-refractivity contribution in [1.82, 2.24) is 15.0 Å². The van der Waals surface area contributed by atoms with Crippen LogP contribution in [0.2, 0.25) is 0 Å². The molecule has 4 heterocycles. The van der Waals surface area contributed by atoms with E-state index >= 15 is 0 Å². The molecule has 0 atom stereocenters. The number of anilines is 6. The van der Waals surface area contributed by atoms with Gasteiger partial charge in [0.25, 0.3) is 0 Å². The van der Waals surface area contributed by atoms with Crippen LogP contribution in [0.25, 0.3) is 67.5 Å². The Morgan fingerprint density at radius 1 is 0.242 bits per heavy atom. The van der Waals surface area contributed by atoms with Crippen LogP contribution in [0.3, 0.4) is 0 Å². The number of hydrogen-bond donors (Lipinski definition) is 3. The fourth-order valence-electron chi connectivity index (χ4n) is 8.85. The number of aromatic nitrogens is 3. The summed E-state index contributed by atoms with van der Waals surface area (Å²) in [7, 11) is 0. The van der Waals surface area contributed by atoms with Crippen LogP contribution in [0.1, 0.15) is 0 Å². The number of benzene rings is 9. The smallest absolute Gasteiger partial charge is 0.164 e. The number of nitrogens with zero attached hydrogens (tertiary/aromatic N) is 3. The Morgan fingerprint density at radius 3 is 0.803 bits per heavy atom. The van der Waals surface area contributed by atoms with E-state index in [1.165, 1.54) is 0 Å². The Hall–Kier alpha value is -9.21. The van der Waals surface area contributed by atoms with Crippen molar-refractivity contribution in [1.29, 1.82) is 0 Å². The fourth-order valence-corrected chi connectivity index (χ4v) is 8.85. The Balaban J connectivity index is 0.862. The largest absolute Gasteiger partial charge is 0.453 e. The molecular formula is C57H36N6O3. The van der Waals surface area contributed by atoms with Crippen molar-refractivity contribution in [3.8, 4) is 102 Å². The summed E-state index contributed by atoms with van der Waals surface area (Å²) in [6, 6.07) is 67.3. The Bertz CT molecular complexity index is 3150. The second kappa shape index (κ2) is 15.3. The highest BCUT2D eigenvalue weighted by atomic mass is 16.5. The molecule has 0 aliphatic carbocycles. The summed E-state index contributed by atoms with van der Waals surface area (Å²) < 4.78 is 18.8. The normalized spacial score (nSPS) is 12.4. The zero-order chi connectivity index (χ0) is 43.6. The van der Waals surface area contributed by atoms with Gasteiger partial charge in [0.2, 0.25) is 0 Å². The summed E-state index contributed by atoms with van der Waals surface area (Å²) in [6.07, 6.45) is 0. The molecule has 9 heteroatoms. The van der Waals surface area contributed by atoms with Gasteiger partial charge in [-0.15, -0.1) is 0 Å². The summed E-state index contributed by atoms with van der Waals surface area (Å²) in [4.78, 5) is 15.4. The highest BCUT2D eigenvalue weighted by Gasteiger charge is 2.23. The lowest BCUT2D eigenvalue weighted by Gasteiger charge is -2.24. The van der Waals surface area contributed by atoms with Gasteiger partial charge in [-0.2, -0.15) is 0 Å². The Morgan fingerprint density at radius 2 is 0.500 bits per heavy atom. The molecule has 0 radical (unpaired) electrons. The molecule has 9 aromatic carbocycles. The lowest BCUT2D eigenvalue weighted by Crippen LogP contribution is -2.04. The van der Waals surface area contributed by atoms with E-state index in [2.05, 4.69) is 107 Å². The van der Waals surface area contributed by atoms with Crippen LogP contribution in [0.4, 0.5) is 34.1 Å². The highest BCUT2D eigenvalue weighted by molar-refractivity contribution is 5.92. The van der Waals surface area contributed by atoms with E-state index in [9.17, 15) is 0 Å². The van der Waals surface area contributed by atoms with Crippen LogP contribution >= 0.6 is 0 Å². The van der Waals surface area contributed by atoms with Crippen molar-refractivity contribution in [2.24, 2.45) is 0 Å². The quantitative estimate of drug-likeness (QED) is 0.151. The van der Waals surface area contributed by atoms with Gasteiger partial charge >= 0.3 is 0 Å². The standard InChI is InChI=1S/C57H36N6O3/c1-4-16-46-43(13-1)58-52-40(10-7-19-49(52)64-46)34-22-28-37(29-23-34)55-61-56(38-30-24-35(25-31-38)41-11-8-20-50-53(41)59-44-14-2-5-17-47(44)65-50)63-57(62-55)39-32-26-36(27-33-39)42-12-9-21-51-54(42)60-45-15-3-6-18-48(45)66-51/h1-33,58-60H. The highest BCUT2D eigenvalue weighted by Crippen LogP contribution is 2.49. The van der Waals surface area contributed by atoms with Crippen LogP contribution in [-0.2, 0) is 0 Å². The van der Waals surface area contributed by atoms with Gasteiger partial charge in [-0.1, -0.05) is 146 Å². The summed E-state index contributed by atoms with van der Waals surface area (Å²) in [5.74, 6) is 6.44. The molecule has 0 spiro atoms. The molecule has 3 N–H and O–H groups in total. The number of nitrogens with one attached hydrogen (secondary N) is 3. The Labute approximate surface area is 380 Å². The van der Waals surface area contributed by atoms with E-state index in [4.69, 9.17) is 29.2 Å². The van der Waals surface area contributed by atoms with Crippen molar-refractivity contribution in [2.75, 3.05) is 16.0 Å². The van der Waals surface area contributed by atoms with E-state index in [0.29, 0.717) is 17.5 Å².